The third-order valence-electron chi connectivity index (χ3n) is 2.87. The third-order valence-corrected chi connectivity index (χ3v) is 3.18. The lowest BCUT2D eigenvalue weighted by atomic mass is 10.2. The highest BCUT2D eigenvalue weighted by Gasteiger charge is 2.33. The van der Waals surface area contributed by atoms with Crippen LogP contribution in [0.4, 0.5) is 23.7 Å². The van der Waals surface area contributed by atoms with Crippen molar-refractivity contribution in [1.29, 1.82) is 0 Å². The number of aromatic carboxylic acids is 1. The fourth-order valence-corrected chi connectivity index (χ4v) is 2.18. The number of hydrogen-bond donors (Lipinski definition) is 3. The van der Waals surface area contributed by atoms with E-state index < -0.39 is 28.8 Å². The quantitative estimate of drug-likeness (QED) is 0.794. The molecular weight excluding hydrogens is 339 g/mol. The number of carbonyl (C=O) groups is 2. The molecule has 0 spiro atoms. The number of nitrogens with two attached hydrogens (primary N) is 1. The lowest BCUT2D eigenvalue weighted by molar-refractivity contribution is -0.137. The molecule has 0 radical (unpaired) electrons. The summed E-state index contributed by atoms with van der Waals surface area (Å²) in [7, 11) is 0. The number of alkyl halides is 3. The predicted molar refractivity (Wildman–Crippen MR) is 75.9 cm³/mol. The van der Waals surface area contributed by atoms with Crippen molar-refractivity contribution in [1.82, 2.24) is 4.57 Å². The van der Waals surface area contributed by atoms with Crippen molar-refractivity contribution >= 4 is 29.3 Å². The maximum Gasteiger partial charge on any atom is 0.417 e. The molecule has 10 heteroatoms. The number of carboxylic acids is 1. The maximum atomic E-state index is 12.7. The number of nitrogens with one attached hydrogen (secondary N) is 1. The molecule has 122 valence electrons. The molecule has 1 aromatic carbocycles. The Labute approximate surface area is 132 Å². The number of aromatic nitrogens is 1. The molecule has 0 bridgehead atoms. The lowest BCUT2D eigenvalue weighted by Gasteiger charge is -2.10. The largest absolute Gasteiger partial charge is 0.478 e. The number of hydrogen-bond acceptors (Lipinski definition) is 2. The van der Waals surface area contributed by atoms with Crippen LogP contribution in [0.1, 0.15) is 15.9 Å². The van der Waals surface area contributed by atoms with Crippen LogP contribution in [0.2, 0.25) is 5.02 Å². The monoisotopic (exact) mass is 347 g/mol. The van der Waals surface area contributed by atoms with Crippen molar-refractivity contribution in [2.75, 3.05) is 5.32 Å². The average molecular weight is 348 g/mol. The van der Waals surface area contributed by atoms with Crippen molar-refractivity contribution in [3.63, 3.8) is 0 Å². The molecule has 0 aliphatic carbocycles. The lowest BCUT2D eigenvalue weighted by Crippen LogP contribution is -2.20. The first-order chi connectivity index (χ1) is 10.6. The topological polar surface area (TPSA) is 97.4 Å². The van der Waals surface area contributed by atoms with E-state index >= 15 is 0 Å². The van der Waals surface area contributed by atoms with Gasteiger partial charge in [0.2, 0.25) is 0 Å². The number of benzene rings is 1. The van der Waals surface area contributed by atoms with Gasteiger partial charge in [0.25, 0.3) is 0 Å². The van der Waals surface area contributed by atoms with Crippen LogP contribution in [-0.2, 0) is 6.18 Å². The molecule has 0 aliphatic rings. The fourth-order valence-electron chi connectivity index (χ4n) is 1.90. The zero-order valence-electron chi connectivity index (χ0n) is 11.2. The molecule has 0 fully saturated rings. The van der Waals surface area contributed by atoms with Crippen LogP contribution in [0, 0.1) is 0 Å². The normalized spacial score (nSPS) is 11.3. The summed E-state index contributed by atoms with van der Waals surface area (Å²) in [6.07, 6.45) is -2.28. The minimum absolute atomic E-state index is 0.0963. The number of carbonyl (C=O) groups excluding carboxylic acids is 1. The van der Waals surface area contributed by atoms with Gasteiger partial charge in [-0.2, -0.15) is 13.2 Å². The molecule has 0 saturated heterocycles. The van der Waals surface area contributed by atoms with Crippen molar-refractivity contribution in [3.05, 3.63) is 46.7 Å². The third kappa shape index (κ3) is 3.57. The van der Waals surface area contributed by atoms with Crippen LogP contribution in [0.15, 0.2) is 30.6 Å². The zero-order chi connectivity index (χ0) is 17.4. The number of nitrogens with zero attached hydrogens (tertiary/aromatic N) is 1. The number of anilines is 1. The van der Waals surface area contributed by atoms with E-state index in [4.69, 9.17) is 22.4 Å². The maximum absolute atomic E-state index is 12.7. The Hall–Kier alpha value is -2.68. The Kier molecular flexibility index (Phi) is 4.24. The number of amides is 2. The molecule has 23 heavy (non-hydrogen) atoms. The Morgan fingerprint density at radius 2 is 1.91 bits per heavy atom. The average Bonchev–Trinajstić information content (AvgIpc) is 2.80. The van der Waals surface area contributed by atoms with Crippen LogP contribution in [0.3, 0.4) is 0 Å². The van der Waals surface area contributed by atoms with E-state index in [9.17, 15) is 22.8 Å². The van der Waals surface area contributed by atoms with Gasteiger partial charge in [-0.05, 0) is 18.2 Å². The van der Waals surface area contributed by atoms with E-state index in [0.717, 1.165) is 24.4 Å². The Bertz CT molecular complexity index is 787. The first-order valence-electron chi connectivity index (χ1n) is 5.98. The van der Waals surface area contributed by atoms with Gasteiger partial charge in [-0.1, -0.05) is 11.6 Å². The fraction of sp³-hybridized carbons (Fsp3) is 0.0769. The second-order valence-electron chi connectivity index (χ2n) is 4.45. The van der Waals surface area contributed by atoms with Gasteiger partial charge >= 0.3 is 18.2 Å². The Morgan fingerprint density at radius 1 is 1.26 bits per heavy atom. The molecule has 1 aromatic heterocycles. The molecule has 2 rings (SSSR count). The summed E-state index contributed by atoms with van der Waals surface area (Å²) >= 11 is 5.62. The summed E-state index contributed by atoms with van der Waals surface area (Å²) in [6.45, 7) is 0. The van der Waals surface area contributed by atoms with E-state index in [1.54, 1.807) is 0 Å². The Morgan fingerprint density at radius 3 is 2.39 bits per heavy atom. The smallest absolute Gasteiger partial charge is 0.417 e. The molecule has 0 aliphatic heterocycles. The molecule has 4 N–H and O–H groups in total. The van der Waals surface area contributed by atoms with Crippen molar-refractivity contribution < 1.29 is 27.9 Å². The Balaban J connectivity index is 2.48. The molecule has 2 amide bonds. The van der Waals surface area contributed by atoms with Crippen LogP contribution >= 0.6 is 11.6 Å². The van der Waals surface area contributed by atoms with Crippen LogP contribution in [0.25, 0.3) is 5.69 Å². The standard InChI is InChI=1S/C13H9ClF3N3O3/c14-9-3-6(1-2-8(9)13(15,16)17)20-4-7(11(21)22)10(5-20)19-12(18)23/h1-5H,(H,21,22)(H3,18,19,23). The van der Waals surface area contributed by atoms with E-state index in [0.29, 0.717) is 0 Å². The molecular formula is C13H9ClF3N3O3. The highest BCUT2D eigenvalue weighted by atomic mass is 35.5. The van der Waals surface area contributed by atoms with E-state index in [-0.39, 0.29) is 16.9 Å². The van der Waals surface area contributed by atoms with Crippen LogP contribution < -0.4 is 11.1 Å². The van der Waals surface area contributed by atoms with Gasteiger partial charge in [-0.3, -0.25) is 0 Å². The highest BCUT2D eigenvalue weighted by Crippen LogP contribution is 2.35. The van der Waals surface area contributed by atoms with E-state index in [1.165, 1.54) is 10.8 Å². The number of primary amides is 1. The first-order valence-corrected chi connectivity index (χ1v) is 6.36. The summed E-state index contributed by atoms with van der Waals surface area (Å²) < 4.78 is 39.2. The minimum atomic E-state index is -4.60. The minimum Gasteiger partial charge on any atom is -0.478 e. The van der Waals surface area contributed by atoms with E-state index in [2.05, 4.69) is 5.32 Å². The van der Waals surface area contributed by atoms with Crippen LogP contribution in [0.5, 0.6) is 0 Å². The molecule has 0 unspecified atom stereocenters. The summed E-state index contributed by atoms with van der Waals surface area (Å²) in [5.74, 6) is -1.34. The number of carboxylic acid groups (broad SMARTS) is 1. The molecule has 6 nitrogen and oxygen atoms in total. The van der Waals surface area contributed by atoms with Gasteiger partial charge in [-0.25, -0.2) is 9.59 Å². The highest BCUT2D eigenvalue weighted by molar-refractivity contribution is 6.31. The van der Waals surface area contributed by atoms with Gasteiger partial charge < -0.3 is 20.7 Å². The first kappa shape index (κ1) is 16.7. The summed E-state index contributed by atoms with van der Waals surface area (Å²) in [5.41, 5.74) is 3.73. The second-order valence-corrected chi connectivity index (χ2v) is 4.86. The van der Waals surface area contributed by atoms with Crippen molar-refractivity contribution in [2.45, 2.75) is 6.18 Å². The SMILES string of the molecule is NC(=O)Nc1cn(-c2ccc(C(F)(F)F)c(Cl)c2)cc1C(=O)O. The van der Waals surface area contributed by atoms with Gasteiger partial charge in [-0.15, -0.1) is 0 Å². The number of urea groups is 1. The number of rotatable bonds is 3. The summed E-state index contributed by atoms with van der Waals surface area (Å²) in [5, 5.41) is 10.6. The number of halogens is 4. The molecule has 0 atom stereocenters. The van der Waals surface area contributed by atoms with Gasteiger partial charge in [0.15, 0.2) is 0 Å². The van der Waals surface area contributed by atoms with Gasteiger partial charge in [0.1, 0.15) is 5.56 Å². The molecule has 0 saturated carbocycles. The summed E-state index contributed by atoms with van der Waals surface area (Å²) in [4.78, 5) is 22.0. The van der Waals surface area contributed by atoms with Crippen molar-refractivity contribution in [2.24, 2.45) is 5.73 Å². The van der Waals surface area contributed by atoms with Crippen LogP contribution in [-0.4, -0.2) is 21.7 Å². The van der Waals surface area contributed by atoms with Gasteiger partial charge in [0.05, 0.1) is 16.3 Å². The van der Waals surface area contributed by atoms with Crippen molar-refractivity contribution in [3.8, 4) is 5.69 Å². The van der Waals surface area contributed by atoms with Gasteiger partial charge in [0, 0.05) is 18.1 Å². The predicted octanol–water partition coefficient (Wildman–Crippen LogP) is 3.34. The zero-order valence-corrected chi connectivity index (χ0v) is 11.9. The molecule has 1 heterocycles. The second kappa shape index (κ2) is 5.84. The van der Waals surface area contributed by atoms with E-state index in [1.807, 2.05) is 0 Å². The molecule has 2 aromatic rings. The summed E-state index contributed by atoms with van der Waals surface area (Å²) in [6, 6.07) is 1.95.